The van der Waals surface area contributed by atoms with Crippen LogP contribution in [0.15, 0.2) is 47.4 Å². The van der Waals surface area contributed by atoms with Gasteiger partial charge in [-0.05, 0) is 48.0 Å². The molecule has 0 saturated carbocycles. The molecule has 1 amide bonds. The van der Waals surface area contributed by atoms with Crippen LogP contribution in [0.4, 0.5) is 5.69 Å². The molecule has 6 nitrogen and oxygen atoms in total. The van der Waals surface area contributed by atoms with Crippen molar-refractivity contribution in [2.45, 2.75) is 0 Å². The normalized spacial score (nSPS) is 15.3. The summed E-state index contributed by atoms with van der Waals surface area (Å²) < 4.78 is 10.9. The summed E-state index contributed by atoms with van der Waals surface area (Å²) in [5.41, 5.74) is 1.44. The third-order valence-corrected chi connectivity index (χ3v) is 5.17. The Morgan fingerprint density at radius 1 is 1.11 bits per heavy atom. The lowest BCUT2D eigenvalue weighted by Gasteiger charge is -2.14. The average molecular weight is 401 g/mol. The molecule has 0 bridgehead atoms. The van der Waals surface area contributed by atoms with Crippen LogP contribution in [0.5, 0.6) is 11.5 Å². The highest BCUT2D eigenvalue weighted by atomic mass is 32.2. The highest BCUT2D eigenvalue weighted by Crippen LogP contribution is 2.37. The number of thioether (sulfide) groups is 1. The second-order valence-corrected chi connectivity index (χ2v) is 7.16. The van der Waals surface area contributed by atoms with E-state index in [2.05, 4.69) is 0 Å². The van der Waals surface area contributed by atoms with Crippen molar-refractivity contribution in [2.24, 2.45) is 0 Å². The number of ether oxygens (including phenoxy) is 2. The van der Waals surface area contributed by atoms with E-state index in [4.69, 9.17) is 26.8 Å². The quantitative estimate of drug-likeness (QED) is 0.603. The largest absolute Gasteiger partial charge is 0.493 e. The molecule has 1 saturated heterocycles. The van der Waals surface area contributed by atoms with Gasteiger partial charge in [-0.2, -0.15) is 0 Å². The number of carboxylic acid groups (broad SMARTS) is 1. The zero-order valence-electron chi connectivity index (χ0n) is 14.5. The van der Waals surface area contributed by atoms with Gasteiger partial charge < -0.3 is 14.6 Å². The molecule has 1 heterocycles. The van der Waals surface area contributed by atoms with Crippen LogP contribution >= 0.6 is 24.0 Å². The van der Waals surface area contributed by atoms with E-state index in [0.717, 1.165) is 5.56 Å². The molecule has 0 spiro atoms. The maximum atomic E-state index is 12.8. The lowest BCUT2D eigenvalue weighted by atomic mass is 10.1. The molecule has 3 rings (SSSR count). The van der Waals surface area contributed by atoms with E-state index in [1.165, 1.54) is 28.8 Å². The average Bonchev–Trinajstić information content (AvgIpc) is 2.94. The van der Waals surface area contributed by atoms with Gasteiger partial charge in [0.05, 0.1) is 30.4 Å². The first-order chi connectivity index (χ1) is 12.9. The van der Waals surface area contributed by atoms with Gasteiger partial charge in [0, 0.05) is 0 Å². The number of hydrogen-bond acceptors (Lipinski definition) is 6. The van der Waals surface area contributed by atoms with E-state index in [-0.39, 0.29) is 11.5 Å². The Morgan fingerprint density at radius 3 is 2.37 bits per heavy atom. The number of aromatic carboxylic acids is 1. The highest BCUT2D eigenvalue weighted by Gasteiger charge is 2.33. The molecule has 0 aromatic heterocycles. The minimum atomic E-state index is -1.03. The minimum Gasteiger partial charge on any atom is -0.493 e. The van der Waals surface area contributed by atoms with Gasteiger partial charge >= 0.3 is 5.97 Å². The summed E-state index contributed by atoms with van der Waals surface area (Å²) in [6, 6.07) is 11.3. The first kappa shape index (κ1) is 18.9. The number of amides is 1. The minimum absolute atomic E-state index is 0.144. The molecule has 1 N–H and O–H groups in total. The fourth-order valence-electron chi connectivity index (χ4n) is 2.54. The summed E-state index contributed by atoms with van der Waals surface area (Å²) in [6.45, 7) is 0. The number of rotatable bonds is 5. The number of carbonyl (C=O) groups excluding carboxylic acids is 1. The fourth-order valence-corrected chi connectivity index (χ4v) is 3.84. The first-order valence-electron chi connectivity index (χ1n) is 7.78. The molecule has 1 aliphatic rings. The van der Waals surface area contributed by atoms with Crippen LogP contribution in [0.1, 0.15) is 15.9 Å². The maximum absolute atomic E-state index is 12.8. The number of nitrogens with zero attached hydrogens (tertiary/aromatic N) is 1. The topological polar surface area (TPSA) is 76.1 Å². The van der Waals surface area contributed by atoms with Crippen molar-refractivity contribution in [3.05, 3.63) is 58.5 Å². The fraction of sp³-hybridized carbons (Fsp3) is 0.105. The second-order valence-electron chi connectivity index (χ2n) is 5.48. The molecular weight excluding hydrogens is 386 g/mol. The van der Waals surface area contributed by atoms with Crippen molar-refractivity contribution in [3.63, 3.8) is 0 Å². The Kier molecular flexibility index (Phi) is 5.48. The molecular formula is C19H15NO5S2. The Hall–Kier alpha value is -2.84. The van der Waals surface area contributed by atoms with Crippen LogP contribution in [0, 0.1) is 0 Å². The van der Waals surface area contributed by atoms with Crippen LogP contribution in [0.2, 0.25) is 0 Å². The van der Waals surface area contributed by atoms with Crippen LogP contribution < -0.4 is 14.4 Å². The van der Waals surface area contributed by atoms with E-state index < -0.39 is 5.97 Å². The lowest BCUT2D eigenvalue weighted by molar-refractivity contribution is -0.113. The third kappa shape index (κ3) is 3.81. The zero-order chi connectivity index (χ0) is 19.6. The first-order valence-corrected chi connectivity index (χ1v) is 9.00. The van der Waals surface area contributed by atoms with Gasteiger partial charge in [-0.3, -0.25) is 9.69 Å². The molecule has 138 valence electrons. The molecule has 0 atom stereocenters. The Bertz CT molecular complexity index is 953. The molecule has 2 aromatic rings. The standard InChI is InChI=1S/C19H15NO5S2/c1-24-14-8-3-11(9-15(14)25-2)10-16-17(21)20(19(26)27-16)13-6-4-12(5-7-13)18(22)23/h3-10H,1-2H3,(H,22,23)/b16-10+. The summed E-state index contributed by atoms with van der Waals surface area (Å²) in [7, 11) is 3.10. The van der Waals surface area contributed by atoms with Crippen molar-refractivity contribution < 1.29 is 24.2 Å². The SMILES string of the molecule is COc1ccc(/C=C2/SC(=S)N(c3ccc(C(=O)O)cc3)C2=O)cc1OC. The molecule has 0 unspecified atom stereocenters. The molecule has 0 aliphatic carbocycles. The van der Waals surface area contributed by atoms with Gasteiger partial charge in [-0.25, -0.2) is 4.79 Å². The Balaban J connectivity index is 1.89. The number of methoxy groups -OCH3 is 2. The van der Waals surface area contributed by atoms with Crippen LogP contribution in [-0.2, 0) is 4.79 Å². The Morgan fingerprint density at radius 2 is 1.78 bits per heavy atom. The summed E-state index contributed by atoms with van der Waals surface area (Å²) in [6.07, 6.45) is 1.73. The zero-order valence-corrected chi connectivity index (χ0v) is 16.1. The van der Waals surface area contributed by atoms with Crippen molar-refractivity contribution in [2.75, 3.05) is 19.1 Å². The number of anilines is 1. The van der Waals surface area contributed by atoms with E-state index in [9.17, 15) is 9.59 Å². The predicted molar refractivity (Wildman–Crippen MR) is 109 cm³/mol. The van der Waals surface area contributed by atoms with Gasteiger partial charge in [-0.1, -0.05) is 30.0 Å². The molecule has 27 heavy (non-hydrogen) atoms. The molecule has 1 aliphatic heterocycles. The van der Waals surface area contributed by atoms with Gasteiger partial charge in [0.1, 0.15) is 0 Å². The van der Waals surface area contributed by atoms with Crippen molar-refractivity contribution in [1.29, 1.82) is 0 Å². The molecule has 0 radical (unpaired) electrons. The lowest BCUT2D eigenvalue weighted by Crippen LogP contribution is -2.27. The highest BCUT2D eigenvalue weighted by molar-refractivity contribution is 8.27. The summed E-state index contributed by atoms with van der Waals surface area (Å²) in [5, 5.41) is 8.99. The summed E-state index contributed by atoms with van der Waals surface area (Å²) in [5.74, 6) is -0.130. The predicted octanol–water partition coefficient (Wildman–Crippen LogP) is 3.81. The molecule has 8 heteroatoms. The van der Waals surface area contributed by atoms with Gasteiger partial charge in [0.2, 0.25) is 0 Å². The van der Waals surface area contributed by atoms with Gasteiger partial charge in [0.15, 0.2) is 15.8 Å². The van der Waals surface area contributed by atoms with E-state index in [0.29, 0.717) is 26.4 Å². The van der Waals surface area contributed by atoms with Crippen molar-refractivity contribution in [1.82, 2.24) is 0 Å². The van der Waals surface area contributed by atoms with Crippen LogP contribution in [-0.4, -0.2) is 35.5 Å². The molecule has 1 fully saturated rings. The van der Waals surface area contributed by atoms with E-state index >= 15 is 0 Å². The van der Waals surface area contributed by atoms with Crippen LogP contribution in [0.3, 0.4) is 0 Å². The maximum Gasteiger partial charge on any atom is 0.335 e. The van der Waals surface area contributed by atoms with Gasteiger partial charge in [0.25, 0.3) is 5.91 Å². The van der Waals surface area contributed by atoms with Gasteiger partial charge in [-0.15, -0.1) is 0 Å². The smallest absolute Gasteiger partial charge is 0.335 e. The number of carbonyl (C=O) groups is 2. The molecule has 2 aromatic carbocycles. The number of hydrogen-bond donors (Lipinski definition) is 1. The summed E-state index contributed by atoms with van der Waals surface area (Å²) >= 11 is 6.52. The van der Waals surface area contributed by atoms with Crippen molar-refractivity contribution >= 4 is 51.9 Å². The summed E-state index contributed by atoms with van der Waals surface area (Å²) in [4.78, 5) is 25.6. The second kappa shape index (κ2) is 7.81. The third-order valence-electron chi connectivity index (χ3n) is 3.87. The van der Waals surface area contributed by atoms with E-state index in [1.54, 1.807) is 44.6 Å². The van der Waals surface area contributed by atoms with Crippen LogP contribution in [0.25, 0.3) is 6.08 Å². The Labute approximate surface area is 165 Å². The van der Waals surface area contributed by atoms with Crippen molar-refractivity contribution in [3.8, 4) is 11.5 Å². The van der Waals surface area contributed by atoms with E-state index in [1.807, 2.05) is 6.07 Å². The number of benzene rings is 2. The number of thiocarbonyl (C=S) groups is 1. The monoisotopic (exact) mass is 401 g/mol. The number of carboxylic acids is 1.